The molecule has 2 aromatic rings. The highest BCUT2D eigenvalue weighted by Crippen LogP contribution is 2.29. The molecule has 0 spiro atoms. The van der Waals surface area contributed by atoms with Gasteiger partial charge in [-0.25, -0.2) is 0 Å². The molecular formula is C15H18N4S2. The Morgan fingerprint density at radius 1 is 1.29 bits per heavy atom. The summed E-state index contributed by atoms with van der Waals surface area (Å²) < 4.78 is 8.93. The summed E-state index contributed by atoms with van der Waals surface area (Å²) in [6.07, 6.45) is 2.06. The third kappa shape index (κ3) is 3.64. The van der Waals surface area contributed by atoms with Crippen LogP contribution in [-0.4, -0.2) is 33.9 Å². The highest BCUT2D eigenvalue weighted by atomic mass is 32.2. The number of rotatable bonds is 4. The van der Waals surface area contributed by atoms with E-state index in [0.29, 0.717) is 0 Å². The van der Waals surface area contributed by atoms with Crippen molar-refractivity contribution in [3.05, 3.63) is 47.3 Å². The lowest BCUT2D eigenvalue weighted by Gasteiger charge is -2.23. The molecule has 1 aliphatic rings. The Morgan fingerprint density at radius 3 is 2.86 bits per heavy atom. The van der Waals surface area contributed by atoms with Crippen LogP contribution in [0.25, 0.3) is 5.57 Å². The molecule has 3 rings (SSSR count). The Labute approximate surface area is 133 Å². The summed E-state index contributed by atoms with van der Waals surface area (Å²) in [5.74, 6) is 0.926. The van der Waals surface area contributed by atoms with E-state index in [4.69, 9.17) is 0 Å². The van der Waals surface area contributed by atoms with Crippen LogP contribution in [0.1, 0.15) is 16.8 Å². The van der Waals surface area contributed by atoms with Crippen LogP contribution in [0.4, 0.5) is 0 Å². The van der Waals surface area contributed by atoms with Gasteiger partial charge in [0.2, 0.25) is 0 Å². The molecule has 1 N–H and O–H groups in total. The predicted molar refractivity (Wildman–Crippen MR) is 89.3 cm³/mol. The van der Waals surface area contributed by atoms with Crippen molar-refractivity contribution in [3.8, 4) is 0 Å². The van der Waals surface area contributed by atoms with E-state index in [1.165, 1.54) is 28.4 Å². The number of thioether (sulfide) groups is 1. The van der Waals surface area contributed by atoms with Gasteiger partial charge in [-0.1, -0.05) is 41.6 Å². The van der Waals surface area contributed by atoms with E-state index in [0.717, 1.165) is 29.7 Å². The molecule has 0 fully saturated rings. The first-order valence-electron chi connectivity index (χ1n) is 6.84. The molecule has 1 aliphatic heterocycles. The second-order valence-electron chi connectivity index (χ2n) is 5.24. The molecule has 0 saturated heterocycles. The lowest BCUT2D eigenvalue weighted by molar-refractivity contribution is 0.349. The van der Waals surface area contributed by atoms with Crippen molar-refractivity contribution in [1.82, 2.24) is 19.0 Å². The van der Waals surface area contributed by atoms with Crippen LogP contribution >= 0.6 is 23.5 Å². The van der Waals surface area contributed by atoms with E-state index in [2.05, 4.69) is 63.4 Å². The molecule has 0 bridgehead atoms. The van der Waals surface area contributed by atoms with Crippen molar-refractivity contribution in [2.24, 2.45) is 0 Å². The maximum absolute atomic E-state index is 4.48. The van der Waals surface area contributed by atoms with Gasteiger partial charge in [0.15, 0.2) is 0 Å². The number of nitrogens with zero attached hydrogens (tertiary/aromatic N) is 3. The fraction of sp³-hybridized carbons (Fsp3) is 0.333. The Hall–Kier alpha value is -1.37. The molecule has 6 heteroatoms. The monoisotopic (exact) mass is 318 g/mol. The second-order valence-corrected chi connectivity index (χ2v) is 6.73. The number of aromatic nitrogens is 2. The van der Waals surface area contributed by atoms with Crippen molar-refractivity contribution in [1.29, 1.82) is 0 Å². The Kier molecular flexibility index (Phi) is 4.57. The number of hydrogen-bond donors (Lipinski definition) is 1. The zero-order chi connectivity index (χ0) is 14.7. The topological polar surface area (TPSA) is 41.1 Å². The van der Waals surface area contributed by atoms with Crippen molar-refractivity contribution in [3.63, 3.8) is 0 Å². The Morgan fingerprint density at radius 2 is 2.10 bits per heavy atom. The minimum Gasteiger partial charge on any atom is -0.378 e. The van der Waals surface area contributed by atoms with E-state index < -0.39 is 0 Å². The number of likely N-dealkylation sites (N-methyl/N-ethyl adjacent to an activating group) is 1. The molecule has 0 saturated carbocycles. The fourth-order valence-electron chi connectivity index (χ4n) is 2.17. The minimum atomic E-state index is 0.882. The summed E-state index contributed by atoms with van der Waals surface area (Å²) in [4.78, 5) is 2.23. The van der Waals surface area contributed by atoms with Crippen LogP contribution in [0.5, 0.6) is 0 Å². The summed E-state index contributed by atoms with van der Waals surface area (Å²) in [5.41, 5.74) is 4.85. The minimum absolute atomic E-state index is 0.882. The third-order valence-corrected chi connectivity index (χ3v) is 5.02. The molecule has 4 nitrogen and oxygen atoms in total. The molecule has 0 radical (unpaired) electrons. The van der Waals surface area contributed by atoms with Gasteiger partial charge in [-0.3, -0.25) is 4.90 Å². The summed E-state index contributed by atoms with van der Waals surface area (Å²) in [6.45, 7) is 3.90. The van der Waals surface area contributed by atoms with Crippen molar-refractivity contribution < 1.29 is 0 Å². The molecule has 0 atom stereocenters. The van der Waals surface area contributed by atoms with Crippen LogP contribution in [0, 0.1) is 6.92 Å². The zero-order valence-electron chi connectivity index (χ0n) is 12.2. The van der Waals surface area contributed by atoms with Gasteiger partial charge in [-0.05, 0) is 19.5 Å². The van der Waals surface area contributed by atoms with Crippen molar-refractivity contribution in [2.75, 3.05) is 20.3 Å². The summed E-state index contributed by atoms with van der Waals surface area (Å²) in [5, 5.41) is 4.30. The number of hydrogen-bond acceptors (Lipinski definition) is 6. The lowest BCUT2D eigenvalue weighted by atomic mass is 10.2. The molecule has 0 unspecified atom stereocenters. The van der Waals surface area contributed by atoms with Gasteiger partial charge in [0, 0.05) is 24.1 Å². The van der Waals surface area contributed by atoms with Gasteiger partial charge in [0.05, 0.1) is 18.4 Å². The maximum atomic E-state index is 4.48. The van der Waals surface area contributed by atoms with Crippen LogP contribution in [-0.2, 0) is 5.75 Å². The van der Waals surface area contributed by atoms with Gasteiger partial charge < -0.3 is 5.32 Å². The Bertz CT molecular complexity index is 633. The third-order valence-electron chi connectivity index (χ3n) is 3.34. The van der Waals surface area contributed by atoms with E-state index in [9.17, 15) is 0 Å². The molecular weight excluding hydrogens is 300 g/mol. The first-order chi connectivity index (χ1) is 10.2. The average Bonchev–Trinajstić information content (AvgIpc) is 2.95. The molecule has 1 aromatic carbocycles. The van der Waals surface area contributed by atoms with E-state index >= 15 is 0 Å². The molecule has 110 valence electrons. The highest BCUT2D eigenvalue weighted by Gasteiger charge is 2.17. The lowest BCUT2D eigenvalue weighted by Crippen LogP contribution is -2.34. The largest absolute Gasteiger partial charge is 0.378 e. The second kappa shape index (κ2) is 6.60. The standard InChI is InChI=1S/C15H18N4S2/c1-11-3-5-12(6-4-11)9-20-15-14(17-21-18-15)13-7-16-10-19(2)8-13/h3-7,16H,8-10H2,1-2H3. The first kappa shape index (κ1) is 14.6. The van der Waals surface area contributed by atoms with Gasteiger partial charge >= 0.3 is 0 Å². The van der Waals surface area contributed by atoms with Gasteiger partial charge in [-0.15, -0.1) is 0 Å². The average molecular weight is 318 g/mol. The van der Waals surface area contributed by atoms with Crippen molar-refractivity contribution in [2.45, 2.75) is 17.7 Å². The smallest absolute Gasteiger partial charge is 0.138 e. The summed E-state index contributed by atoms with van der Waals surface area (Å²) in [6, 6.07) is 8.66. The first-order valence-corrected chi connectivity index (χ1v) is 8.56. The summed E-state index contributed by atoms with van der Waals surface area (Å²) in [7, 11) is 2.10. The van der Waals surface area contributed by atoms with Gasteiger partial charge in [-0.2, -0.15) is 8.75 Å². The molecule has 1 aromatic heterocycles. The van der Waals surface area contributed by atoms with Crippen LogP contribution in [0.15, 0.2) is 35.5 Å². The van der Waals surface area contributed by atoms with Crippen molar-refractivity contribution >= 4 is 29.1 Å². The zero-order valence-corrected chi connectivity index (χ0v) is 13.8. The fourth-order valence-corrected chi connectivity index (χ4v) is 3.83. The molecule has 2 heterocycles. The quantitative estimate of drug-likeness (QED) is 0.878. The van der Waals surface area contributed by atoms with Crippen LogP contribution in [0.3, 0.4) is 0 Å². The van der Waals surface area contributed by atoms with Gasteiger partial charge in [0.25, 0.3) is 0 Å². The number of benzene rings is 1. The van der Waals surface area contributed by atoms with Crippen LogP contribution < -0.4 is 5.32 Å². The number of nitrogens with one attached hydrogen (secondary N) is 1. The van der Waals surface area contributed by atoms with Crippen LogP contribution in [0.2, 0.25) is 0 Å². The maximum Gasteiger partial charge on any atom is 0.138 e. The van der Waals surface area contributed by atoms with E-state index in [1.54, 1.807) is 11.8 Å². The predicted octanol–water partition coefficient (Wildman–Crippen LogP) is 2.97. The SMILES string of the molecule is Cc1ccc(CSc2nsnc2C2=CNCN(C)C2)cc1. The Balaban J connectivity index is 1.71. The number of aryl methyl sites for hydroxylation is 1. The molecule has 0 amide bonds. The molecule has 0 aliphatic carbocycles. The van der Waals surface area contributed by atoms with E-state index in [1.807, 2.05) is 0 Å². The normalized spacial score (nSPS) is 15.6. The van der Waals surface area contributed by atoms with Gasteiger partial charge in [0.1, 0.15) is 10.7 Å². The highest BCUT2D eigenvalue weighted by molar-refractivity contribution is 7.98. The van der Waals surface area contributed by atoms with E-state index in [-0.39, 0.29) is 0 Å². The summed E-state index contributed by atoms with van der Waals surface area (Å²) >= 11 is 3.05. The molecule has 21 heavy (non-hydrogen) atoms.